The number of rotatable bonds is 2. The number of anilines is 1. The molecule has 0 bridgehead atoms. The van der Waals surface area contributed by atoms with Gasteiger partial charge in [-0.05, 0) is 23.9 Å². The van der Waals surface area contributed by atoms with Crippen LogP contribution in [-0.2, 0) is 0 Å². The molecule has 2 heterocycles. The van der Waals surface area contributed by atoms with Crippen molar-refractivity contribution in [2.45, 2.75) is 17.0 Å². The Bertz CT molecular complexity index is 425. The van der Waals surface area contributed by atoms with Gasteiger partial charge in [0.05, 0.1) is 0 Å². The number of pyridine rings is 1. The summed E-state index contributed by atoms with van der Waals surface area (Å²) in [5.41, 5.74) is 5.45. The van der Waals surface area contributed by atoms with Crippen LogP contribution in [0.25, 0.3) is 0 Å². The molecule has 0 atom stereocenters. The molecule has 6 heteroatoms. The maximum absolute atomic E-state index is 5.45. The number of nitrogen functional groups attached to an aromatic ring is 1. The Kier molecular flexibility index (Phi) is 2.36. The maximum Gasteiger partial charge on any atom is 0.281 e. The highest BCUT2D eigenvalue weighted by Crippen LogP contribution is 2.25. The molecule has 5 nitrogen and oxygen atoms in total. The second-order valence-electron chi connectivity index (χ2n) is 2.61. The minimum absolute atomic E-state index is 0.496. The predicted octanol–water partition coefficient (Wildman–Crippen LogP) is 1.51. The average Bonchev–Trinajstić information content (AvgIpc) is 2.56. The fraction of sp³-hybridized carbons (Fsp3) is 0.125. The molecule has 0 aliphatic heterocycles. The van der Waals surface area contributed by atoms with Gasteiger partial charge in [-0.1, -0.05) is 0 Å². The van der Waals surface area contributed by atoms with E-state index in [0.29, 0.717) is 16.9 Å². The Labute approximate surface area is 84.7 Å². The number of nitrogens with zero attached hydrogens (tertiary/aromatic N) is 3. The van der Waals surface area contributed by atoms with Crippen LogP contribution in [0.4, 0.5) is 5.82 Å². The van der Waals surface area contributed by atoms with Crippen molar-refractivity contribution >= 4 is 17.6 Å². The topological polar surface area (TPSA) is 77.8 Å². The third-order valence-electron chi connectivity index (χ3n) is 1.47. The number of hydrogen-bond acceptors (Lipinski definition) is 6. The minimum Gasteiger partial charge on any atom is -0.416 e. The molecule has 0 aliphatic carbocycles. The Hall–Kier alpha value is -1.56. The molecule has 0 radical (unpaired) electrons. The van der Waals surface area contributed by atoms with Crippen LogP contribution in [0.1, 0.15) is 5.89 Å². The van der Waals surface area contributed by atoms with Crippen LogP contribution in [0.2, 0.25) is 0 Å². The first kappa shape index (κ1) is 9.01. The summed E-state index contributed by atoms with van der Waals surface area (Å²) in [5, 5.41) is 8.08. The zero-order valence-corrected chi connectivity index (χ0v) is 8.28. The molecule has 72 valence electrons. The van der Waals surface area contributed by atoms with E-state index < -0.39 is 0 Å². The largest absolute Gasteiger partial charge is 0.416 e. The van der Waals surface area contributed by atoms with Crippen LogP contribution >= 0.6 is 11.8 Å². The Morgan fingerprint density at radius 1 is 1.36 bits per heavy atom. The second-order valence-corrected chi connectivity index (χ2v) is 3.63. The zero-order chi connectivity index (χ0) is 9.97. The molecule has 0 unspecified atom stereocenters. The summed E-state index contributed by atoms with van der Waals surface area (Å²) in [6.07, 6.45) is 1.67. The lowest BCUT2D eigenvalue weighted by molar-refractivity contribution is 0.429. The predicted molar refractivity (Wildman–Crippen MR) is 51.8 cm³/mol. The molecule has 0 fully saturated rings. The van der Waals surface area contributed by atoms with E-state index in [4.69, 9.17) is 10.2 Å². The van der Waals surface area contributed by atoms with Crippen molar-refractivity contribution < 1.29 is 4.42 Å². The van der Waals surface area contributed by atoms with Gasteiger partial charge in [-0.25, -0.2) is 4.98 Å². The molecule has 2 rings (SSSR count). The molecular weight excluding hydrogens is 200 g/mol. The maximum atomic E-state index is 5.45. The molecule has 2 N–H and O–H groups in total. The lowest BCUT2D eigenvalue weighted by atomic mass is 10.5. The Morgan fingerprint density at radius 2 is 2.21 bits per heavy atom. The molecule has 2 aromatic rings. The molecule has 0 saturated heterocycles. The summed E-state index contributed by atoms with van der Waals surface area (Å²) in [4.78, 5) is 4.87. The van der Waals surface area contributed by atoms with Crippen molar-refractivity contribution in [3.05, 3.63) is 24.2 Å². The van der Waals surface area contributed by atoms with Crippen molar-refractivity contribution in [1.82, 2.24) is 15.2 Å². The standard InChI is InChI=1S/C8H8N4OS/c1-5-11-12-8(13-5)14-6-2-3-7(9)10-4-6/h2-4H,1H3,(H2,9,10). The van der Waals surface area contributed by atoms with E-state index in [-0.39, 0.29) is 0 Å². The van der Waals surface area contributed by atoms with Crippen LogP contribution in [-0.4, -0.2) is 15.2 Å². The molecule has 0 aromatic carbocycles. The van der Waals surface area contributed by atoms with E-state index in [9.17, 15) is 0 Å². The van der Waals surface area contributed by atoms with E-state index in [1.807, 2.05) is 6.07 Å². The van der Waals surface area contributed by atoms with E-state index in [1.165, 1.54) is 11.8 Å². The third-order valence-corrected chi connectivity index (χ3v) is 2.29. The van der Waals surface area contributed by atoms with Gasteiger partial charge in [-0.15, -0.1) is 10.2 Å². The third kappa shape index (κ3) is 2.02. The number of hydrogen-bond donors (Lipinski definition) is 1. The summed E-state index contributed by atoms with van der Waals surface area (Å²) in [6, 6.07) is 3.58. The van der Waals surface area contributed by atoms with E-state index in [0.717, 1.165) is 4.90 Å². The van der Waals surface area contributed by atoms with E-state index >= 15 is 0 Å². The highest BCUT2D eigenvalue weighted by atomic mass is 32.2. The zero-order valence-electron chi connectivity index (χ0n) is 7.47. The molecular formula is C8H8N4OS. The van der Waals surface area contributed by atoms with Crippen molar-refractivity contribution in [2.24, 2.45) is 0 Å². The van der Waals surface area contributed by atoms with Gasteiger partial charge in [0.1, 0.15) is 5.82 Å². The highest BCUT2D eigenvalue weighted by molar-refractivity contribution is 7.99. The number of aromatic nitrogens is 3. The first-order valence-corrected chi connectivity index (χ1v) is 4.75. The highest BCUT2D eigenvalue weighted by Gasteiger charge is 2.04. The molecule has 0 saturated carbocycles. The van der Waals surface area contributed by atoms with Crippen LogP contribution in [0, 0.1) is 6.92 Å². The fourth-order valence-corrected chi connectivity index (χ4v) is 1.56. The lowest BCUT2D eigenvalue weighted by Gasteiger charge is -1.95. The van der Waals surface area contributed by atoms with Crippen LogP contribution < -0.4 is 5.73 Å². The second kappa shape index (κ2) is 3.67. The fourth-order valence-electron chi connectivity index (χ4n) is 0.873. The molecule has 0 aliphatic rings. The SMILES string of the molecule is Cc1nnc(Sc2ccc(N)nc2)o1. The summed E-state index contributed by atoms with van der Waals surface area (Å²) in [5.74, 6) is 1.05. The molecule has 2 aromatic heterocycles. The molecule has 0 spiro atoms. The van der Waals surface area contributed by atoms with Crippen LogP contribution in [0.15, 0.2) is 32.9 Å². The summed E-state index contributed by atoms with van der Waals surface area (Å²) < 4.78 is 5.20. The minimum atomic E-state index is 0.496. The van der Waals surface area contributed by atoms with Gasteiger partial charge < -0.3 is 10.2 Å². The van der Waals surface area contributed by atoms with Crippen molar-refractivity contribution in [2.75, 3.05) is 5.73 Å². The van der Waals surface area contributed by atoms with E-state index in [2.05, 4.69) is 15.2 Å². The monoisotopic (exact) mass is 208 g/mol. The van der Waals surface area contributed by atoms with Gasteiger partial charge in [0.2, 0.25) is 5.89 Å². The van der Waals surface area contributed by atoms with Gasteiger partial charge in [-0.3, -0.25) is 0 Å². The number of aryl methyl sites for hydroxylation is 1. The van der Waals surface area contributed by atoms with Gasteiger partial charge >= 0.3 is 0 Å². The first-order valence-electron chi connectivity index (χ1n) is 3.93. The number of nitrogens with two attached hydrogens (primary N) is 1. The summed E-state index contributed by atoms with van der Waals surface area (Å²) >= 11 is 1.36. The lowest BCUT2D eigenvalue weighted by Crippen LogP contribution is -1.87. The van der Waals surface area contributed by atoms with E-state index in [1.54, 1.807) is 19.2 Å². The van der Waals surface area contributed by atoms with Gasteiger partial charge in [0, 0.05) is 18.0 Å². The van der Waals surface area contributed by atoms with Gasteiger partial charge in [0.15, 0.2) is 0 Å². The first-order chi connectivity index (χ1) is 6.74. The van der Waals surface area contributed by atoms with Crippen LogP contribution in [0.5, 0.6) is 0 Å². The Balaban J connectivity index is 2.15. The Morgan fingerprint density at radius 3 is 2.79 bits per heavy atom. The smallest absolute Gasteiger partial charge is 0.281 e. The van der Waals surface area contributed by atoms with Crippen molar-refractivity contribution in [3.8, 4) is 0 Å². The average molecular weight is 208 g/mol. The summed E-state index contributed by atoms with van der Waals surface area (Å²) in [7, 11) is 0. The van der Waals surface area contributed by atoms with Crippen molar-refractivity contribution in [3.63, 3.8) is 0 Å². The quantitative estimate of drug-likeness (QED) is 0.805. The van der Waals surface area contributed by atoms with Gasteiger partial charge in [0.25, 0.3) is 5.22 Å². The van der Waals surface area contributed by atoms with Gasteiger partial charge in [-0.2, -0.15) is 0 Å². The summed E-state index contributed by atoms with van der Waals surface area (Å²) in [6.45, 7) is 1.75. The molecule has 0 amide bonds. The normalized spacial score (nSPS) is 10.4. The van der Waals surface area contributed by atoms with Crippen molar-refractivity contribution in [1.29, 1.82) is 0 Å². The van der Waals surface area contributed by atoms with Crippen LogP contribution in [0.3, 0.4) is 0 Å². The molecule has 14 heavy (non-hydrogen) atoms.